The van der Waals surface area contributed by atoms with Gasteiger partial charge in [-0.05, 0) is 101 Å². The number of anilines is 5. The third-order valence-electron chi connectivity index (χ3n) is 12.4. The van der Waals surface area contributed by atoms with E-state index in [0.29, 0.717) is 40.5 Å². The summed E-state index contributed by atoms with van der Waals surface area (Å²) in [5.74, 6) is 1.16. The molecule has 3 saturated heterocycles. The number of pyridine rings is 2. The Balaban J connectivity index is 0.829. The van der Waals surface area contributed by atoms with E-state index in [4.69, 9.17) is 16.6 Å². The van der Waals surface area contributed by atoms with Crippen molar-refractivity contribution in [2.24, 2.45) is 5.92 Å². The highest BCUT2D eigenvalue weighted by molar-refractivity contribution is 6.31. The number of nitrogens with zero attached hydrogens (tertiary/aromatic N) is 8. The fourth-order valence-electron chi connectivity index (χ4n) is 9.18. The number of piperazine rings is 1. The fraction of sp³-hybridized carbons (Fsp3) is 0.500. The van der Waals surface area contributed by atoms with Gasteiger partial charge in [-0.25, -0.2) is 14.8 Å². The molecule has 1 saturated carbocycles. The van der Waals surface area contributed by atoms with Crippen molar-refractivity contribution >= 4 is 69.2 Å². The van der Waals surface area contributed by atoms with Crippen LogP contribution in [0.3, 0.4) is 0 Å². The summed E-state index contributed by atoms with van der Waals surface area (Å²) >= 11 is 6.56. The van der Waals surface area contributed by atoms with Crippen molar-refractivity contribution in [1.82, 2.24) is 29.7 Å². The molecular formula is C42H51ClN10O4. The van der Waals surface area contributed by atoms with E-state index < -0.39 is 6.03 Å². The number of fused-ring (bicyclic) bond motifs is 1. The number of ketones is 1. The van der Waals surface area contributed by atoms with E-state index in [1.807, 2.05) is 31.3 Å². The average Bonchev–Trinajstić information content (AvgIpc) is 3.73. The van der Waals surface area contributed by atoms with Crippen LogP contribution in [0.1, 0.15) is 85.8 Å². The average molecular weight is 795 g/mol. The Bertz CT molecular complexity index is 2240. The molecule has 57 heavy (non-hydrogen) atoms. The number of carbonyl (C=O) groups is 3. The number of imide groups is 1. The van der Waals surface area contributed by atoms with Gasteiger partial charge in [0.15, 0.2) is 5.78 Å². The van der Waals surface area contributed by atoms with Crippen LogP contribution in [0.5, 0.6) is 0 Å². The molecule has 4 aliphatic rings. The van der Waals surface area contributed by atoms with Gasteiger partial charge in [0.25, 0.3) is 5.56 Å². The van der Waals surface area contributed by atoms with Gasteiger partial charge in [-0.1, -0.05) is 24.4 Å². The fourth-order valence-corrected chi connectivity index (χ4v) is 9.39. The molecule has 0 spiro atoms. The molecule has 4 aromatic rings. The summed E-state index contributed by atoms with van der Waals surface area (Å²) in [5, 5.41) is 6.96. The Morgan fingerprint density at radius 2 is 1.61 bits per heavy atom. The van der Waals surface area contributed by atoms with Crippen LogP contribution >= 0.6 is 11.6 Å². The predicted octanol–water partition coefficient (Wildman–Crippen LogP) is 6.39. The second-order valence-electron chi connectivity index (χ2n) is 16.0. The number of hydrogen-bond acceptors (Lipinski definition) is 11. The number of nitrogens with one attached hydrogen (secondary N) is 2. The van der Waals surface area contributed by atoms with Crippen molar-refractivity contribution in [3.8, 4) is 0 Å². The largest absolute Gasteiger partial charge is 0.371 e. The molecule has 8 rings (SSSR count). The van der Waals surface area contributed by atoms with Gasteiger partial charge in [0.2, 0.25) is 11.9 Å². The number of halogens is 1. The summed E-state index contributed by atoms with van der Waals surface area (Å²) in [5.41, 5.74) is 5.04. The molecule has 1 aromatic carbocycles. The standard InChI is InChI=1S/C42H51ClN10O4/c1-26-33-25-45-41(48-39(33)53(31-6-4-5-7-31)40(56)38(26)28(3)54)46-36-9-8-32(24-44-36)50-20-18-49(19-21-50)14-10-29-11-15-51(16-12-29)34-22-30(43)23-35(27(34)2)52-17-13-37(55)47-42(52)57/h8-9,22-25,29,31H,4-7,10-21H2,1-3H3,(H,47,55,57)(H,44,45,46,48). The molecule has 6 heterocycles. The van der Waals surface area contributed by atoms with E-state index in [1.54, 1.807) is 22.6 Å². The van der Waals surface area contributed by atoms with Crippen LogP contribution in [0, 0.1) is 19.8 Å². The zero-order valence-electron chi connectivity index (χ0n) is 33.0. The first-order valence-corrected chi connectivity index (χ1v) is 20.7. The van der Waals surface area contributed by atoms with E-state index in [1.165, 1.54) is 13.3 Å². The maximum absolute atomic E-state index is 13.6. The highest BCUT2D eigenvalue weighted by atomic mass is 35.5. The molecule has 1 aliphatic carbocycles. The lowest BCUT2D eigenvalue weighted by Gasteiger charge is -2.38. The minimum atomic E-state index is -0.395. The van der Waals surface area contributed by atoms with Crippen molar-refractivity contribution in [2.45, 2.75) is 78.2 Å². The Morgan fingerprint density at radius 3 is 2.30 bits per heavy atom. The normalized spacial score (nSPS) is 18.8. The monoisotopic (exact) mass is 794 g/mol. The third-order valence-corrected chi connectivity index (χ3v) is 12.7. The molecule has 0 atom stereocenters. The first-order chi connectivity index (χ1) is 27.5. The Morgan fingerprint density at radius 1 is 0.877 bits per heavy atom. The lowest BCUT2D eigenvalue weighted by molar-refractivity contribution is -0.120. The number of benzene rings is 1. The number of Topliss-reactive ketones (excluding diaryl/α,β-unsaturated/α-hetero) is 1. The Hall–Kier alpha value is -5.08. The highest BCUT2D eigenvalue weighted by Crippen LogP contribution is 2.37. The van der Waals surface area contributed by atoms with Crippen LogP contribution in [-0.2, 0) is 4.79 Å². The van der Waals surface area contributed by atoms with E-state index in [-0.39, 0.29) is 35.3 Å². The molecule has 14 nitrogen and oxygen atoms in total. The van der Waals surface area contributed by atoms with Gasteiger partial charge < -0.3 is 15.1 Å². The van der Waals surface area contributed by atoms with E-state index in [0.717, 1.165) is 112 Å². The van der Waals surface area contributed by atoms with Gasteiger partial charge >= 0.3 is 6.03 Å². The number of aromatic nitrogens is 4. The molecule has 3 aliphatic heterocycles. The van der Waals surface area contributed by atoms with Crippen LogP contribution in [0.15, 0.2) is 41.5 Å². The van der Waals surface area contributed by atoms with Gasteiger partial charge in [0.1, 0.15) is 11.5 Å². The maximum atomic E-state index is 13.6. The van der Waals surface area contributed by atoms with Crippen molar-refractivity contribution in [3.05, 3.63) is 68.7 Å². The predicted molar refractivity (Wildman–Crippen MR) is 223 cm³/mol. The van der Waals surface area contributed by atoms with Crippen molar-refractivity contribution in [1.29, 1.82) is 0 Å². The second kappa shape index (κ2) is 16.4. The number of amides is 3. The van der Waals surface area contributed by atoms with Crippen LogP contribution < -0.4 is 30.9 Å². The maximum Gasteiger partial charge on any atom is 0.328 e. The second-order valence-corrected chi connectivity index (χ2v) is 16.4. The Labute approximate surface area is 337 Å². The quantitative estimate of drug-likeness (QED) is 0.172. The van der Waals surface area contributed by atoms with Crippen LogP contribution in [0.2, 0.25) is 5.02 Å². The Kier molecular flexibility index (Phi) is 11.2. The summed E-state index contributed by atoms with van der Waals surface area (Å²) in [7, 11) is 0. The van der Waals surface area contributed by atoms with Gasteiger partial charge in [-0.15, -0.1) is 0 Å². The summed E-state index contributed by atoms with van der Waals surface area (Å²) in [6, 6.07) is 7.45. The number of piperidine rings is 1. The number of hydrogen-bond donors (Lipinski definition) is 2. The number of urea groups is 1. The highest BCUT2D eigenvalue weighted by Gasteiger charge is 2.30. The molecule has 3 amide bonds. The molecule has 0 unspecified atom stereocenters. The van der Waals surface area contributed by atoms with Crippen molar-refractivity contribution in [3.63, 3.8) is 0 Å². The van der Waals surface area contributed by atoms with Gasteiger partial charge in [-0.2, -0.15) is 4.98 Å². The van der Waals surface area contributed by atoms with Crippen molar-refractivity contribution < 1.29 is 14.4 Å². The number of aryl methyl sites for hydroxylation is 1. The topological polar surface area (TPSA) is 149 Å². The minimum absolute atomic E-state index is 0.0198. The molecule has 3 aromatic heterocycles. The van der Waals surface area contributed by atoms with Gasteiger partial charge in [0, 0.05) is 80.6 Å². The zero-order valence-corrected chi connectivity index (χ0v) is 33.8. The lowest BCUT2D eigenvalue weighted by Crippen LogP contribution is -2.50. The summed E-state index contributed by atoms with van der Waals surface area (Å²) < 4.78 is 1.73. The lowest BCUT2D eigenvalue weighted by atomic mass is 9.92. The molecule has 0 radical (unpaired) electrons. The van der Waals surface area contributed by atoms with Crippen LogP contribution in [0.25, 0.3) is 11.0 Å². The third kappa shape index (κ3) is 8.07. The zero-order chi connectivity index (χ0) is 39.8. The summed E-state index contributed by atoms with van der Waals surface area (Å²) in [6.07, 6.45) is 11.1. The SMILES string of the molecule is CC(=O)c1c(C)c2cnc(Nc3ccc(N4CCN(CCC5CCN(c6cc(Cl)cc(N7CCC(=O)NC7=O)c6C)CC5)CC4)cn3)nc2n(C2CCCC2)c1=O. The van der Waals surface area contributed by atoms with E-state index in [2.05, 4.69) is 41.4 Å². The van der Waals surface area contributed by atoms with Crippen LogP contribution in [-0.4, -0.2) is 94.5 Å². The smallest absolute Gasteiger partial charge is 0.328 e. The molecule has 15 heteroatoms. The molecule has 0 bridgehead atoms. The van der Waals surface area contributed by atoms with Crippen molar-refractivity contribution in [2.75, 3.05) is 72.4 Å². The molecule has 4 fully saturated rings. The van der Waals surface area contributed by atoms with E-state index in [9.17, 15) is 19.2 Å². The minimum Gasteiger partial charge on any atom is -0.371 e. The first-order valence-electron chi connectivity index (χ1n) is 20.3. The van der Waals surface area contributed by atoms with Gasteiger partial charge in [-0.3, -0.25) is 34.1 Å². The first kappa shape index (κ1) is 38.8. The van der Waals surface area contributed by atoms with Gasteiger partial charge in [0.05, 0.1) is 23.1 Å². The molecular weight excluding hydrogens is 744 g/mol. The number of carbonyl (C=O) groups excluding carboxylic acids is 3. The van der Waals surface area contributed by atoms with Crippen LogP contribution in [0.4, 0.5) is 33.6 Å². The molecule has 300 valence electrons. The summed E-state index contributed by atoms with van der Waals surface area (Å²) in [4.78, 5) is 73.3. The number of rotatable bonds is 10. The summed E-state index contributed by atoms with van der Waals surface area (Å²) in [6.45, 7) is 12.5. The molecule has 2 N–H and O–H groups in total. The van der Waals surface area contributed by atoms with E-state index >= 15 is 0 Å².